The van der Waals surface area contributed by atoms with Crippen LogP contribution < -0.4 is 10.0 Å². The topological polar surface area (TPSA) is 78.5 Å². The monoisotopic (exact) mass is 447 g/mol. The number of sulfonamides is 1. The van der Waals surface area contributed by atoms with Crippen LogP contribution in [0.15, 0.2) is 66.1 Å². The molecule has 1 heterocycles. The second-order valence-electron chi connectivity index (χ2n) is 7.19. The summed E-state index contributed by atoms with van der Waals surface area (Å²) in [5.41, 5.74) is 1.34. The van der Waals surface area contributed by atoms with Gasteiger partial charge in [-0.25, -0.2) is 13.1 Å². The third-order valence-corrected chi connectivity index (χ3v) is 6.75. The molecule has 6 nitrogen and oxygen atoms in total. The number of hydrogen-bond donors (Lipinski definition) is 2. The summed E-state index contributed by atoms with van der Waals surface area (Å²) in [6.45, 7) is 5.97. The predicted octanol–water partition coefficient (Wildman–Crippen LogP) is 3.37. The molecule has 0 spiro atoms. The molecule has 30 heavy (non-hydrogen) atoms. The number of hydrogen-bond acceptors (Lipinski definition) is 4. The van der Waals surface area contributed by atoms with Gasteiger partial charge in [0, 0.05) is 23.7 Å². The molecule has 0 aromatic heterocycles. The van der Waals surface area contributed by atoms with Gasteiger partial charge >= 0.3 is 0 Å². The van der Waals surface area contributed by atoms with Crippen LogP contribution in [0.25, 0.3) is 0 Å². The van der Waals surface area contributed by atoms with E-state index in [1.165, 1.54) is 18.2 Å². The zero-order valence-corrected chi connectivity index (χ0v) is 18.3. The van der Waals surface area contributed by atoms with Gasteiger partial charge in [0.25, 0.3) is 5.91 Å². The Bertz CT molecular complexity index is 1000. The van der Waals surface area contributed by atoms with Gasteiger partial charge in [-0.15, -0.1) is 6.58 Å². The van der Waals surface area contributed by atoms with Crippen LogP contribution in [0.1, 0.15) is 34.8 Å². The van der Waals surface area contributed by atoms with E-state index in [4.69, 9.17) is 11.6 Å². The number of rotatable bonds is 9. The van der Waals surface area contributed by atoms with Crippen molar-refractivity contribution in [3.63, 3.8) is 0 Å². The molecule has 1 aliphatic rings. The molecule has 1 aliphatic heterocycles. The molecule has 0 aliphatic carbocycles. The van der Waals surface area contributed by atoms with E-state index in [1.54, 1.807) is 12.1 Å². The first-order chi connectivity index (χ1) is 14.4. The fourth-order valence-electron chi connectivity index (χ4n) is 3.57. The first-order valence-electron chi connectivity index (χ1n) is 9.89. The molecule has 8 heteroatoms. The highest BCUT2D eigenvalue weighted by atomic mass is 35.5. The van der Waals surface area contributed by atoms with E-state index >= 15 is 0 Å². The van der Waals surface area contributed by atoms with E-state index in [-0.39, 0.29) is 23.4 Å². The average Bonchev–Trinajstić information content (AvgIpc) is 3.27. The van der Waals surface area contributed by atoms with Crippen LogP contribution in [-0.2, 0) is 10.0 Å². The molecule has 1 unspecified atom stereocenters. The lowest BCUT2D eigenvalue weighted by Crippen LogP contribution is -2.36. The van der Waals surface area contributed by atoms with E-state index in [0.29, 0.717) is 17.1 Å². The Kier molecular flexibility index (Phi) is 7.66. The Morgan fingerprint density at radius 3 is 2.60 bits per heavy atom. The molecule has 1 atom stereocenters. The summed E-state index contributed by atoms with van der Waals surface area (Å²) >= 11 is 6.18. The Morgan fingerprint density at radius 1 is 1.17 bits per heavy atom. The molecule has 2 aromatic carbocycles. The van der Waals surface area contributed by atoms with E-state index in [1.807, 2.05) is 24.3 Å². The maximum atomic E-state index is 12.8. The van der Waals surface area contributed by atoms with Crippen molar-refractivity contribution in [2.75, 3.05) is 26.2 Å². The first kappa shape index (κ1) is 22.5. The van der Waals surface area contributed by atoms with Crippen molar-refractivity contribution in [2.45, 2.75) is 23.8 Å². The van der Waals surface area contributed by atoms with Crippen molar-refractivity contribution in [3.8, 4) is 0 Å². The van der Waals surface area contributed by atoms with E-state index in [0.717, 1.165) is 31.5 Å². The lowest BCUT2D eigenvalue weighted by Gasteiger charge is -2.28. The van der Waals surface area contributed by atoms with E-state index in [2.05, 4.69) is 21.5 Å². The maximum Gasteiger partial charge on any atom is 0.251 e. The fourth-order valence-corrected chi connectivity index (χ4v) is 4.82. The molecule has 2 N–H and O–H groups in total. The molecule has 3 rings (SSSR count). The zero-order valence-electron chi connectivity index (χ0n) is 16.7. The Hall–Kier alpha value is -2.19. The van der Waals surface area contributed by atoms with Crippen molar-refractivity contribution >= 4 is 27.5 Å². The lowest BCUT2D eigenvalue weighted by molar-refractivity contribution is 0.0937. The summed E-state index contributed by atoms with van der Waals surface area (Å²) in [4.78, 5) is 15.2. The molecule has 160 valence electrons. The van der Waals surface area contributed by atoms with E-state index < -0.39 is 10.0 Å². The van der Waals surface area contributed by atoms with Crippen LogP contribution >= 0.6 is 11.6 Å². The maximum absolute atomic E-state index is 12.8. The van der Waals surface area contributed by atoms with Crippen LogP contribution in [0, 0.1) is 0 Å². The third kappa shape index (κ3) is 5.70. The van der Waals surface area contributed by atoms with Crippen LogP contribution in [-0.4, -0.2) is 45.4 Å². The highest BCUT2D eigenvalue weighted by molar-refractivity contribution is 7.89. The largest absolute Gasteiger partial charge is 0.350 e. The zero-order chi connectivity index (χ0) is 21.6. The summed E-state index contributed by atoms with van der Waals surface area (Å²) in [5.74, 6) is -0.318. The fraction of sp³-hybridized carbons (Fsp3) is 0.318. The molecule has 0 radical (unpaired) electrons. The molecular formula is C22H26ClN3O3S. The van der Waals surface area contributed by atoms with Crippen LogP contribution in [0.5, 0.6) is 0 Å². The quantitative estimate of drug-likeness (QED) is 0.577. The minimum absolute atomic E-state index is 0.0105. The molecule has 1 amide bonds. The highest BCUT2D eigenvalue weighted by Gasteiger charge is 2.24. The number of carbonyl (C=O) groups excluding carboxylic acids is 1. The summed E-state index contributed by atoms with van der Waals surface area (Å²) in [6, 6.07) is 13.7. The minimum Gasteiger partial charge on any atom is -0.350 e. The van der Waals surface area contributed by atoms with Crippen molar-refractivity contribution < 1.29 is 13.2 Å². The molecule has 1 fully saturated rings. The first-order valence-corrected chi connectivity index (χ1v) is 11.7. The second kappa shape index (κ2) is 10.2. The SMILES string of the molecule is C=CCNS(=O)(=O)c1cccc(C(=O)NCC(c2cccc(Cl)c2)N2CCCC2)c1. The summed E-state index contributed by atoms with van der Waals surface area (Å²) in [7, 11) is -3.69. The van der Waals surface area contributed by atoms with Gasteiger partial charge in [-0.3, -0.25) is 9.69 Å². The Balaban J connectivity index is 1.74. The number of carbonyl (C=O) groups is 1. The van der Waals surface area contributed by atoms with Crippen molar-refractivity contribution in [1.82, 2.24) is 14.9 Å². The minimum atomic E-state index is -3.69. The van der Waals surface area contributed by atoms with Gasteiger partial charge in [-0.2, -0.15) is 0 Å². The van der Waals surface area contributed by atoms with Gasteiger partial charge in [-0.05, 0) is 61.8 Å². The van der Waals surface area contributed by atoms with Gasteiger partial charge < -0.3 is 5.32 Å². The van der Waals surface area contributed by atoms with Crippen molar-refractivity contribution in [2.24, 2.45) is 0 Å². The third-order valence-electron chi connectivity index (χ3n) is 5.10. The Labute approximate surface area is 183 Å². The summed E-state index contributed by atoms with van der Waals surface area (Å²) in [6.07, 6.45) is 3.72. The Morgan fingerprint density at radius 2 is 1.90 bits per heavy atom. The number of halogens is 1. The second-order valence-corrected chi connectivity index (χ2v) is 9.40. The van der Waals surface area contributed by atoms with Crippen LogP contribution in [0.4, 0.5) is 0 Å². The smallest absolute Gasteiger partial charge is 0.251 e. The van der Waals surface area contributed by atoms with Gasteiger partial charge in [0.05, 0.1) is 10.9 Å². The molecule has 2 aromatic rings. The molecule has 0 bridgehead atoms. The molecule has 1 saturated heterocycles. The molecule has 0 saturated carbocycles. The predicted molar refractivity (Wildman–Crippen MR) is 119 cm³/mol. The lowest BCUT2D eigenvalue weighted by atomic mass is 10.1. The van der Waals surface area contributed by atoms with Gasteiger partial charge in [0.2, 0.25) is 10.0 Å². The number of benzene rings is 2. The number of amides is 1. The van der Waals surface area contributed by atoms with Crippen LogP contribution in [0.3, 0.4) is 0 Å². The van der Waals surface area contributed by atoms with Gasteiger partial charge in [-0.1, -0.05) is 35.9 Å². The van der Waals surface area contributed by atoms with Gasteiger partial charge in [0.15, 0.2) is 0 Å². The average molecular weight is 448 g/mol. The van der Waals surface area contributed by atoms with Crippen LogP contribution in [0.2, 0.25) is 5.02 Å². The normalized spacial score (nSPS) is 15.6. The highest BCUT2D eigenvalue weighted by Crippen LogP contribution is 2.26. The molecular weight excluding hydrogens is 422 g/mol. The van der Waals surface area contributed by atoms with Crippen molar-refractivity contribution in [3.05, 3.63) is 77.3 Å². The van der Waals surface area contributed by atoms with Crippen molar-refractivity contribution in [1.29, 1.82) is 0 Å². The number of nitrogens with zero attached hydrogens (tertiary/aromatic N) is 1. The summed E-state index contributed by atoms with van der Waals surface area (Å²) < 4.78 is 27.0. The van der Waals surface area contributed by atoms with E-state index in [9.17, 15) is 13.2 Å². The standard InChI is InChI=1S/C22H26ClN3O3S/c1-2-11-25-30(28,29)20-10-6-8-18(15-20)22(27)24-16-21(26-12-3-4-13-26)17-7-5-9-19(23)14-17/h2,5-10,14-15,21,25H,1,3-4,11-13,16H2,(H,24,27). The number of nitrogens with one attached hydrogen (secondary N) is 2. The number of likely N-dealkylation sites (tertiary alicyclic amines) is 1. The van der Waals surface area contributed by atoms with Gasteiger partial charge in [0.1, 0.15) is 0 Å². The summed E-state index contributed by atoms with van der Waals surface area (Å²) in [5, 5.41) is 3.62.